The van der Waals surface area contributed by atoms with Crippen LogP contribution < -0.4 is 15.4 Å². The maximum absolute atomic E-state index is 12.7. The summed E-state index contributed by atoms with van der Waals surface area (Å²) in [6, 6.07) is 20.7. The smallest absolute Gasteiger partial charge is 0.308 e. The lowest BCUT2D eigenvalue weighted by molar-refractivity contribution is -0.131. The van der Waals surface area contributed by atoms with E-state index in [1.165, 1.54) is 19.1 Å². The molecule has 0 aliphatic rings. The van der Waals surface area contributed by atoms with Gasteiger partial charge >= 0.3 is 5.97 Å². The number of ether oxygens (including phenoxy) is 1. The first-order valence-corrected chi connectivity index (χ1v) is 10.2. The van der Waals surface area contributed by atoms with Crippen LogP contribution in [0.5, 0.6) is 5.75 Å². The molecular formula is C25H21ClN2O4. The summed E-state index contributed by atoms with van der Waals surface area (Å²) in [6.45, 7) is 1.51. The SMILES string of the molecule is CC(=O)Oc1cccc(C(=O)Nc2ccccc2CNC(=O)/C=C/c2ccccc2Cl)c1. The fourth-order valence-electron chi connectivity index (χ4n) is 2.87. The van der Waals surface area contributed by atoms with Crippen molar-refractivity contribution in [3.8, 4) is 5.75 Å². The van der Waals surface area contributed by atoms with Crippen molar-refractivity contribution in [2.24, 2.45) is 0 Å². The number of para-hydroxylation sites is 1. The van der Waals surface area contributed by atoms with Gasteiger partial charge in [-0.1, -0.05) is 54.1 Å². The van der Waals surface area contributed by atoms with E-state index in [2.05, 4.69) is 10.6 Å². The summed E-state index contributed by atoms with van der Waals surface area (Å²) < 4.78 is 5.03. The van der Waals surface area contributed by atoms with Crippen molar-refractivity contribution >= 4 is 41.1 Å². The Balaban J connectivity index is 1.64. The number of nitrogens with one attached hydrogen (secondary N) is 2. The predicted molar refractivity (Wildman–Crippen MR) is 124 cm³/mol. The molecule has 0 aliphatic heterocycles. The fourth-order valence-corrected chi connectivity index (χ4v) is 3.07. The minimum atomic E-state index is -0.466. The van der Waals surface area contributed by atoms with Crippen LogP contribution in [0.15, 0.2) is 78.9 Å². The van der Waals surface area contributed by atoms with Crippen LogP contribution in [0.1, 0.15) is 28.4 Å². The minimum Gasteiger partial charge on any atom is -0.427 e. The summed E-state index contributed by atoms with van der Waals surface area (Å²) in [5, 5.41) is 6.18. The molecule has 0 aromatic heterocycles. The van der Waals surface area contributed by atoms with Gasteiger partial charge in [0.2, 0.25) is 5.91 Å². The Labute approximate surface area is 190 Å². The van der Waals surface area contributed by atoms with Crippen molar-refractivity contribution in [3.05, 3.63) is 101 Å². The second-order valence-electron chi connectivity index (χ2n) is 6.81. The van der Waals surface area contributed by atoms with E-state index in [0.29, 0.717) is 16.3 Å². The summed E-state index contributed by atoms with van der Waals surface area (Å²) in [5.74, 6) is -0.834. The van der Waals surface area contributed by atoms with Crippen molar-refractivity contribution in [3.63, 3.8) is 0 Å². The second-order valence-corrected chi connectivity index (χ2v) is 7.21. The van der Waals surface area contributed by atoms with Crippen LogP contribution in [-0.2, 0) is 16.1 Å². The predicted octanol–water partition coefficient (Wildman–Crippen LogP) is 4.85. The van der Waals surface area contributed by atoms with E-state index in [1.807, 2.05) is 30.3 Å². The first-order valence-electron chi connectivity index (χ1n) is 9.80. The number of hydrogen-bond donors (Lipinski definition) is 2. The largest absolute Gasteiger partial charge is 0.427 e. The molecule has 7 heteroatoms. The highest BCUT2D eigenvalue weighted by molar-refractivity contribution is 6.32. The van der Waals surface area contributed by atoms with Crippen LogP contribution >= 0.6 is 11.6 Å². The van der Waals surface area contributed by atoms with Gasteiger partial charge in [-0.3, -0.25) is 14.4 Å². The number of hydrogen-bond acceptors (Lipinski definition) is 4. The Hall–Kier alpha value is -3.90. The van der Waals surface area contributed by atoms with Crippen molar-refractivity contribution in [2.45, 2.75) is 13.5 Å². The third kappa shape index (κ3) is 6.55. The Morgan fingerprint density at radius 1 is 0.969 bits per heavy atom. The molecule has 0 aliphatic carbocycles. The molecule has 2 N–H and O–H groups in total. The minimum absolute atomic E-state index is 0.218. The van der Waals surface area contributed by atoms with Crippen LogP contribution in [0.2, 0.25) is 5.02 Å². The Morgan fingerprint density at radius 3 is 2.50 bits per heavy atom. The van der Waals surface area contributed by atoms with Crippen LogP contribution in [0.4, 0.5) is 5.69 Å². The van der Waals surface area contributed by atoms with E-state index in [1.54, 1.807) is 42.5 Å². The molecule has 0 atom stereocenters. The molecule has 0 saturated heterocycles. The molecule has 0 bridgehead atoms. The highest BCUT2D eigenvalue weighted by Gasteiger charge is 2.11. The lowest BCUT2D eigenvalue weighted by Crippen LogP contribution is -2.22. The van der Waals surface area contributed by atoms with Gasteiger partial charge in [-0.05, 0) is 47.5 Å². The number of carbonyl (C=O) groups excluding carboxylic acids is 3. The summed E-state index contributed by atoms with van der Waals surface area (Å²) in [4.78, 5) is 36.0. The molecule has 3 rings (SSSR count). The molecule has 6 nitrogen and oxygen atoms in total. The normalized spacial score (nSPS) is 10.6. The monoisotopic (exact) mass is 448 g/mol. The van der Waals surface area contributed by atoms with Gasteiger partial charge in [-0.15, -0.1) is 0 Å². The molecule has 0 heterocycles. The molecule has 0 saturated carbocycles. The zero-order valence-electron chi connectivity index (χ0n) is 17.3. The number of halogens is 1. The van der Waals surface area contributed by atoms with E-state index < -0.39 is 5.97 Å². The third-order valence-corrected chi connectivity index (χ3v) is 4.74. The van der Waals surface area contributed by atoms with E-state index in [-0.39, 0.29) is 24.1 Å². The average Bonchev–Trinajstić information content (AvgIpc) is 2.77. The van der Waals surface area contributed by atoms with E-state index in [9.17, 15) is 14.4 Å². The second kappa shape index (κ2) is 10.9. The van der Waals surface area contributed by atoms with Crippen molar-refractivity contribution in [1.82, 2.24) is 5.32 Å². The molecular weight excluding hydrogens is 428 g/mol. The molecule has 0 fully saturated rings. The van der Waals surface area contributed by atoms with Gasteiger partial charge in [0.15, 0.2) is 0 Å². The Bertz CT molecular complexity index is 1170. The summed E-state index contributed by atoms with van der Waals surface area (Å²) in [7, 11) is 0. The number of esters is 1. The summed E-state index contributed by atoms with van der Waals surface area (Å²) >= 11 is 6.09. The first-order chi connectivity index (χ1) is 15.4. The van der Waals surface area contributed by atoms with Crippen molar-refractivity contribution in [1.29, 1.82) is 0 Å². The van der Waals surface area contributed by atoms with Crippen molar-refractivity contribution < 1.29 is 19.1 Å². The van der Waals surface area contributed by atoms with Gasteiger partial charge in [0.25, 0.3) is 5.91 Å². The standard InChI is InChI=1S/C25H21ClN2O4/c1-17(29)32-21-10-6-9-19(15-21)25(31)28-23-12-5-3-8-20(23)16-27-24(30)14-13-18-7-2-4-11-22(18)26/h2-15H,16H2,1H3,(H,27,30)(H,28,31)/b14-13+. The number of benzene rings is 3. The van der Waals surface area contributed by atoms with Gasteiger partial charge in [-0.2, -0.15) is 0 Å². The number of rotatable bonds is 7. The van der Waals surface area contributed by atoms with E-state index in [0.717, 1.165) is 11.1 Å². The molecule has 0 unspecified atom stereocenters. The van der Waals surface area contributed by atoms with Gasteiger partial charge < -0.3 is 15.4 Å². The quantitative estimate of drug-likeness (QED) is 0.307. The molecule has 3 aromatic carbocycles. The molecule has 2 amide bonds. The third-order valence-electron chi connectivity index (χ3n) is 4.40. The Morgan fingerprint density at radius 2 is 1.72 bits per heavy atom. The summed E-state index contributed by atoms with van der Waals surface area (Å²) in [5.41, 5.74) is 2.38. The fraction of sp³-hybridized carbons (Fsp3) is 0.0800. The lowest BCUT2D eigenvalue weighted by Gasteiger charge is -2.12. The Kier molecular flexibility index (Phi) is 7.78. The maximum Gasteiger partial charge on any atom is 0.308 e. The maximum atomic E-state index is 12.7. The number of anilines is 1. The molecule has 162 valence electrons. The molecule has 3 aromatic rings. The lowest BCUT2D eigenvalue weighted by atomic mass is 10.1. The highest BCUT2D eigenvalue weighted by Crippen LogP contribution is 2.19. The number of carbonyl (C=O) groups is 3. The first kappa shape index (κ1) is 22.8. The zero-order valence-corrected chi connectivity index (χ0v) is 18.1. The van der Waals surface area contributed by atoms with Crippen LogP contribution in [0.3, 0.4) is 0 Å². The van der Waals surface area contributed by atoms with E-state index >= 15 is 0 Å². The number of amides is 2. The van der Waals surface area contributed by atoms with Crippen LogP contribution in [0.25, 0.3) is 6.08 Å². The highest BCUT2D eigenvalue weighted by atomic mass is 35.5. The van der Waals surface area contributed by atoms with E-state index in [4.69, 9.17) is 16.3 Å². The summed E-state index contributed by atoms with van der Waals surface area (Å²) in [6.07, 6.45) is 3.05. The van der Waals surface area contributed by atoms with Crippen LogP contribution in [0, 0.1) is 0 Å². The zero-order chi connectivity index (χ0) is 22.9. The van der Waals surface area contributed by atoms with Crippen molar-refractivity contribution in [2.75, 3.05) is 5.32 Å². The van der Waals surface area contributed by atoms with Gasteiger partial charge in [0.05, 0.1) is 0 Å². The topological polar surface area (TPSA) is 84.5 Å². The van der Waals surface area contributed by atoms with Gasteiger partial charge in [-0.25, -0.2) is 0 Å². The molecule has 0 spiro atoms. The van der Waals surface area contributed by atoms with Gasteiger partial charge in [0, 0.05) is 35.8 Å². The van der Waals surface area contributed by atoms with Gasteiger partial charge in [0.1, 0.15) is 5.75 Å². The average molecular weight is 449 g/mol. The molecule has 32 heavy (non-hydrogen) atoms. The molecule has 0 radical (unpaired) electrons. The van der Waals surface area contributed by atoms with Crippen LogP contribution in [-0.4, -0.2) is 17.8 Å².